The van der Waals surface area contributed by atoms with E-state index in [4.69, 9.17) is 27.5 Å². The Morgan fingerprint density at radius 1 is 1.35 bits per heavy atom. The highest BCUT2D eigenvalue weighted by molar-refractivity contribution is 6.32. The van der Waals surface area contributed by atoms with Crippen molar-refractivity contribution in [1.82, 2.24) is 14.3 Å². The van der Waals surface area contributed by atoms with E-state index in [-0.39, 0.29) is 6.23 Å². The van der Waals surface area contributed by atoms with Crippen LogP contribution in [0, 0.1) is 12.5 Å². The van der Waals surface area contributed by atoms with Crippen LogP contribution >= 0.6 is 11.6 Å². The van der Waals surface area contributed by atoms with Crippen molar-refractivity contribution < 1.29 is 14.3 Å². The van der Waals surface area contributed by atoms with Crippen molar-refractivity contribution >= 4 is 34.3 Å². The molecule has 1 fully saturated rings. The number of benzene rings is 1. The number of hydrogen-bond donors (Lipinski definition) is 1. The predicted octanol–water partition coefficient (Wildman–Crippen LogP) is 5.64. The SMILES string of the molecule is C#Cn1cc(-c2cnn(C3CCCCO3)c2)c2c(NC(=O)OC(C)(C)C)cc(Cl)cc21. The number of aromatic nitrogens is 3. The number of amides is 1. The first kappa shape index (κ1) is 21.3. The molecule has 1 N–H and O–H groups in total. The second kappa shape index (κ2) is 8.29. The minimum absolute atomic E-state index is 0.0720. The van der Waals surface area contributed by atoms with Gasteiger partial charge in [-0.25, -0.2) is 9.48 Å². The van der Waals surface area contributed by atoms with Crippen molar-refractivity contribution in [3.63, 3.8) is 0 Å². The lowest BCUT2D eigenvalue weighted by Crippen LogP contribution is -2.27. The first-order valence-corrected chi connectivity index (χ1v) is 10.6. The summed E-state index contributed by atoms with van der Waals surface area (Å²) < 4.78 is 14.7. The van der Waals surface area contributed by atoms with E-state index in [1.807, 2.05) is 37.8 Å². The van der Waals surface area contributed by atoms with E-state index < -0.39 is 11.7 Å². The third-order valence-electron chi connectivity index (χ3n) is 5.01. The van der Waals surface area contributed by atoms with Gasteiger partial charge in [-0.1, -0.05) is 18.0 Å². The minimum Gasteiger partial charge on any atom is -0.444 e. The largest absolute Gasteiger partial charge is 0.444 e. The van der Waals surface area contributed by atoms with Crippen LogP contribution < -0.4 is 5.32 Å². The lowest BCUT2D eigenvalue weighted by atomic mass is 10.1. The molecule has 1 aliphatic rings. The molecule has 1 amide bonds. The van der Waals surface area contributed by atoms with Crippen molar-refractivity contribution in [1.29, 1.82) is 0 Å². The van der Waals surface area contributed by atoms with Crippen molar-refractivity contribution in [3.8, 4) is 23.6 Å². The van der Waals surface area contributed by atoms with Crippen LogP contribution in [-0.2, 0) is 9.47 Å². The number of carbonyl (C=O) groups is 1. The van der Waals surface area contributed by atoms with Crippen LogP contribution in [0.3, 0.4) is 0 Å². The molecule has 0 radical (unpaired) electrons. The standard InChI is InChI=1S/C23H25ClN4O3/c1-5-27-14-17(15-12-25-28(13-15)20-8-6-7-9-30-20)21-18(10-16(24)11-19(21)27)26-22(29)31-23(2,3)4/h1,10-14,20H,6-9H2,2-4H3,(H,26,29). The highest BCUT2D eigenvalue weighted by Gasteiger charge is 2.22. The maximum Gasteiger partial charge on any atom is 0.412 e. The Bertz CT molecular complexity index is 1160. The number of hydrogen-bond acceptors (Lipinski definition) is 4. The molecule has 1 saturated heterocycles. The highest BCUT2D eigenvalue weighted by Crippen LogP contribution is 2.38. The van der Waals surface area contributed by atoms with Crippen LogP contribution in [0.25, 0.3) is 22.0 Å². The minimum atomic E-state index is -0.628. The van der Waals surface area contributed by atoms with Crippen LogP contribution in [-0.4, -0.2) is 32.6 Å². The van der Waals surface area contributed by atoms with Gasteiger partial charge in [-0.3, -0.25) is 9.88 Å². The summed E-state index contributed by atoms with van der Waals surface area (Å²) in [5, 5.41) is 8.54. The molecule has 0 saturated carbocycles. The summed E-state index contributed by atoms with van der Waals surface area (Å²) >= 11 is 6.32. The molecule has 0 bridgehead atoms. The van der Waals surface area contributed by atoms with Gasteiger partial charge in [0.25, 0.3) is 0 Å². The van der Waals surface area contributed by atoms with Gasteiger partial charge in [-0.05, 0) is 52.2 Å². The van der Waals surface area contributed by atoms with E-state index in [9.17, 15) is 4.79 Å². The van der Waals surface area contributed by atoms with E-state index in [0.29, 0.717) is 16.2 Å². The topological polar surface area (TPSA) is 70.3 Å². The first-order chi connectivity index (χ1) is 14.7. The van der Waals surface area contributed by atoms with Gasteiger partial charge in [0.2, 0.25) is 0 Å². The van der Waals surface area contributed by atoms with E-state index in [0.717, 1.165) is 42.4 Å². The Hall–Kier alpha value is -2.95. The first-order valence-electron chi connectivity index (χ1n) is 10.2. The molecule has 1 aromatic carbocycles. The fraction of sp³-hybridized carbons (Fsp3) is 0.391. The molecule has 1 aliphatic heterocycles. The number of anilines is 1. The molecule has 7 nitrogen and oxygen atoms in total. The molecule has 0 spiro atoms. The second-order valence-electron chi connectivity index (χ2n) is 8.55. The lowest BCUT2D eigenvalue weighted by Gasteiger charge is -2.22. The quantitative estimate of drug-likeness (QED) is 0.535. The molecule has 0 aliphatic carbocycles. The van der Waals surface area contributed by atoms with E-state index in [1.54, 1.807) is 22.9 Å². The fourth-order valence-corrected chi connectivity index (χ4v) is 3.95. The summed E-state index contributed by atoms with van der Waals surface area (Å²) in [6.45, 7) is 6.16. The molecule has 162 valence electrons. The third kappa shape index (κ3) is 4.55. The zero-order chi connectivity index (χ0) is 22.2. The summed E-state index contributed by atoms with van der Waals surface area (Å²) in [5.41, 5.74) is 2.29. The Labute approximate surface area is 186 Å². The predicted molar refractivity (Wildman–Crippen MR) is 121 cm³/mol. The molecule has 3 heterocycles. The second-order valence-corrected chi connectivity index (χ2v) is 8.98. The Morgan fingerprint density at radius 3 is 2.84 bits per heavy atom. The molecular formula is C23H25ClN4O3. The zero-order valence-electron chi connectivity index (χ0n) is 17.8. The Kier molecular flexibility index (Phi) is 5.69. The van der Waals surface area contributed by atoms with Gasteiger partial charge in [-0.2, -0.15) is 5.10 Å². The van der Waals surface area contributed by atoms with Crippen molar-refractivity contribution in [2.75, 3.05) is 11.9 Å². The number of ether oxygens (including phenoxy) is 2. The lowest BCUT2D eigenvalue weighted by molar-refractivity contribution is -0.0394. The van der Waals surface area contributed by atoms with Gasteiger partial charge in [0.1, 0.15) is 11.8 Å². The van der Waals surface area contributed by atoms with Crippen LogP contribution in [0.5, 0.6) is 0 Å². The summed E-state index contributed by atoms with van der Waals surface area (Å²) in [7, 11) is 0. The van der Waals surface area contributed by atoms with Gasteiger partial charge in [0.15, 0.2) is 0 Å². The molecule has 8 heteroatoms. The molecule has 2 aromatic heterocycles. The summed E-state index contributed by atoms with van der Waals surface area (Å²) in [5.74, 6) is 0. The zero-order valence-corrected chi connectivity index (χ0v) is 18.6. The number of terminal acetylenes is 1. The van der Waals surface area contributed by atoms with E-state index in [1.165, 1.54) is 0 Å². The van der Waals surface area contributed by atoms with Crippen LogP contribution in [0.4, 0.5) is 10.5 Å². The van der Waals surface area contributed by atoms with Gasteiger partial charge in [-0.15, -0.1) is 0 Å². The average molecular weight is 441 g/mol. The summed E-state index contributed by atoms with van der Waals surface area (Å²) in [4.78, 5) is 12.5. The van der Waals surface area contributed by atoms with Crippen molar-refractivity contribution in [2.45, 2.75) is 51.9 Å². The maximum absolute atomic E-state index is 12.5. The summed E-state index contributed by atoms with van der Waals surface area (Å²) in [6.07, 6.45) is 13.8. The fourth-order valence-electron chi connectivity index (χ4n) is 3.73. The maximum atomic E-state index is 12.5. The highest BCUT2D eigenvalue weighted by atomic mass is 35.5. The number of carbonyl (C=O) groups excluding carboxylic acids is 1. The van der Waals surface area contributed by atoms with Crippen molar-refractivity contribution in [3.05, 3.63) is 35.7 Å². The Balaban J connectivity index is 1.78. The number of rotatable bonds is 3. The molecule has 4 rings (SSSR count). The molecule has 1 atom stereocenters. The van der Waals surface area contributed by atoms with Crippen molar-refractivity contribution in [2.24, 2.45) is 0 Å². The number of nitrogens with one attached hydrogen (secondary N) is 1. The molecule has 31 heavy (non-hydrogen) atoms. The smallest absolute Gasteiger partial charge is 0.412 e. The van der Waals surface area contributed by atoms with E-state index >= 15 is 0 Å². The molecule has 1 unspecified atom stereocenters. The van der Waals surface area contributed by atoms with Gasteiger partial charge >= 0.3 is 6.09 Å². The van der Waals surface area contributed by atoms with Gasteiger partial charge in [0, 0.05) is 46.6 Å². The van der Waals surface area contributed by atoms with Gasteiger partial charge in [0.05, 0.1) is 17.4 Å². The third-order valence-corrected chi connectivity index (χ3v) is 5.23. The monoisotopic (exact) mass is 440 g/mol. The summed E-state index contributed by atoms with van der Waals surface area (Å²) in [6, 6.07) is 6.10. The van der Waals surface area contributed by atoms with E-state index in [2.05, 4.69) is 16.5 Å². The van der Waals surface area contributed by atoms with Gasteiger partial charge < -0.3 is 9.47 Å². The number of halogens is 1. The molecular weight excluding hydrogens is 416 g/mol. The Morgan fingerprint density at radius 2 is 2.16 bits per heavy atom. The molecule has 3 aromatic rings. The number of fused-ring (bicyclic) bond motifs is 1. The average Bonchev–Trinajstić information content (AvgIpc) is 3.31. The van der Waals surface area contributed by atoms with Crippen LogP contribution in [0.15, 0.2) is 30.7 Å². The van der Waals surface area contributed by atoms with Crippen LogP contribution in [0.1, 0.15) is 46.3 Å². The number of nitrogens with zero attached hydrogens (tertiary/aromatic N) is 3. The van der Waals surface area contributed by atoms with Crippen LogP contribution in [0.2, 0.25) is 5.02 Å². The normalized spacial score (nSPS) is 16.8.